The molecule has 22 heavy (non-hydrogen) atoms. The highest BCUT2D eigenvalue weighted by molar-refractivity contribution is 7.10. The molecule has 0 bridgehead atoms. The van der Waals surface area contributed by atoms with Crippen LogP contribution in [0, 0.1) is 0 Å². The fraction of sp³-hybridized carbons (Fsp3) is 0.133. The fourth-order valence-corrected chi connectivity index (χ4v) is 2.80. The van der Waals surface area contributed by atoms with Crippen molar-refractivity contribution in [1.29, 1.82) is 0 Å². The number of nitrogens with zero attached hydrogens (tertiary/aromatic N) is 2. The van der Waals surface area contributed by atoms with E-state index in [9.17, 15) is 4.79 Å². The standard InChI is InChI=1S/C15H12ClN3O2S/c16-12-6-2-1-5-11(12)15-19-18-14(21-15)9-17-13(20)8-10-4-3-7-22-10/h1-7H,8-9H2,(H,17,20). The number of carbonyl (C=O) groups is 1. The maximum atomic E-state index is 11.8. The van der Waals surface area contributed by atoms with Crippen LogP contribution >= 0.6 is 22.9 Å². The highest BCUT2D eigenvalue weighted by atomic mass is 35.5. The average Bonchev–Trinajstić information content (AvgIpc) is 3.17. The van der Waals surface area contributed by atoms with Gasteiger partial charge in [-0.15, -0.1) is 21.5 Å². The van der Waals surface area contributed by atoms with E-state index in [1.54, 1.807) is 23.5 Å². The van der Waals surface area contributed by atoms with Gasteiger partial charge < -0.3 is 9.73 Å². The molecule has 0 atom stereocenters. The van der Waals surface area contributed by atoms with Gasteiger partial charge in [0.15, 0.2) is 0 Å². The first-order valence-corrected chi connectivity index (χ1v) is 7.84. The SMILES string of the molecule is O=C(Cc1cccs1)NCc1nnc(-c2ccccc2Cl)o1. The van der Waals surface area contributed by atoms with Crippen LogP contribution in [-0.2, 0) is 17.8 Å². The van der Waals surface area contributed by atoms with Gasteiger partial charge in [0.25, 0.3) is 0 Å². The molecule has 2 aromatic heterocycles. The largest absolute Gasteiger partial charge is 0.419 e. The zero-order chi connectivity index (χ0) is 15.4. The van der Waals surface area contributed by atoms with Crippen molar-refractivity contribution in [2.75, 3.05) is 0 Å². The highest BCUT2D eigenvalue weighted by Crippen LogP contribution is 2.26. The van der Waals surface area contributed by atoms with Crippen LogP contribution in [0.3, 0.4) is 0 Å². The molecule has 0 aliphatic carbocycles. The molecule has 0 radical (unpaired) electrons. The van der Waals surface area contributed by atoms with E-state index in [4.69, 9.17) is 16.0 Å². The van der Waals surface area contributed by atoms with Gasteiger partial charge >= 0.3 is 0 Å². The first-order chi connectivity index (χ1) is 10.7. The molecule has 1 aromatic carbocycles. The second-order valence-electron chi connectivity index (χ2n) is 4.51. The molecule has 0 aliphatic rings. The number of aromatic nitrogens is 2. The molecular formula is C15H12ClN3O2S. The summed E-state index contributed by atoms with van der Waals surface area (Å²) in [5.74, 6) is 0.600. The quantitative estimate of drug-likeness (QED) is 0.777. The predicted octanol–water partition coefficient (Wildman–Crippen LogP) is 3.31. The van der Waals surface area contributed by atoms with E-state index in [2.05, 4.69) is 15.5 Å². The molecule has 3 rings (SSSR count). The molecule has 1 amide bonds. The summed E-state index contributed by atoms with van der Waals surface area (Å²) in [4.78, 5) is 12.8. The molecule has 112 valence electrons. The lowest BCUT2D eigenvalue weighted by atomic mass is 10.2. The van der Waals surface area contributed by atoms with Gasteiger partial charge in [-0.25, -0.2) is 0 Å². The third-order valence-electron chi connectivity index (χ3n) is 2.92. The number of hydrogen-bond donors (Lipinski definition) is 1. The summed E-state index contributed by atoms with van der Waals surface area (Å²) in [5.41, 5.74) is 0.674. The molecule has 7 heteroatoms. The summed E-state index contributed by atoms with van der Waals surface area (Å²) in [6.07, 6.45) is 0.350. The van der Waals surface area contributed by atoms with Crippen LogP contribution in [0.4, 0.5) is 0 Å². The van der Waals surface area contributed by atoms with Crippen LogP contribution in [-0.4, -0.2) is 16.1 Å². The van der Waals surface area contributed by atoms with Gasteiger partial charge in [0.1, 0.15) is 0 Å². The van der Waals surface area contributed by atoms with E-state index in [0.717, 1.165) is 4.88 Å². The summed E-state index contributed by atoms with van der Waals surface area (Å²) in [6, 6.07) is 11.1. The van der Waals surface area contributed by atoms with Crippen molar-refractivity contribution in [2.45, 2.75) is 13.0 Å². The van der Waals surface area contributed by atoms with Gasteiger partial charge in [-0.2, -0.15) is 0 Å². The second kappa shape index (κ2) is 6.72. The van der Waals surface area contributed by atoms with Crippen LogP contribution in [0.1, 0.15) is 10.8 Å². The zero-order valence-corrected chi connectivity index (χ0v) is 13.0. The molecule has 3 aromatic rings. The van der Waals surface area contributed by atoms with Crippen LogP contribution in [0.25, 0.3) is 11.5 Å². The Labute approximate surface area is 135 Å². The van der Waals surface area contributed by atoms with E-state index < -0.39 is 0 Å². The molecule has 0 saturated carbocycles. The monoisotopic (exact) mass is 333 g/mol. The smallest absolute Gasteiger partial charge is 0.249 e. The lowest BCUT2D eigenvalue weighted by molar-refractivity contribution is -0.120. The van der Waals surface area contributed by atoms with Crippen LogP contribution in [0.5, 0.6) is 0 Å². The third kappa shape index (κ3) is 3.52. The molecule has 0 fully saturated rings. The van der Waals surface area contributed by atoms with Gasteiger partial charge in [0.05, 0.1) is 23.6 Å². The highest BCUT2D eigenvalue weighted by Gasteiger charge is 2.12. The Hall–Kier alpha value is -2.18. The van der Waals surface area contributed by atoms with E-state index in [1.165, 1.54) is 0 Å². The normalized spacial score (nSPS) is 10.6. The predicted molar refractivity (Wildman–Crippen MR) is 84.6 cm³/mol. The molecule has 0 unspecified atom stereocenters. The maximum Gasteiger partial charge on any atom is 0.249 e. The number of rotatable bonds is 5. The number of nitrogens with one attached hydrogen (secondary N) is 1. The second-order valence-corrected chi connectivity index (χ2v) is 5.95. The van der Waals surface area contributed by atoms with Crippen molar-refractivity contribution in [2.24, 2.45) is 0 Å². The number of amides is 1. The van der Waals surface area contributed by atoms with Crippen molar-refractivity contribution in [3.8, 4) is 11.5 Å². The molecule has 1 N–H and O–H groups in total. The Morgan fingerprint density at radius 2 is 2.09 bits per heavy atom. The van der Waals surface area contributed by atoms with Crippen molar-refractivity contribution in [3.63, 3.8) is 0 Å². The first-order valence-electron chi connectivity index (χ1n) is 6.59. The van der Waals surface area contributed by atoms with Crippen LogP contribution in [0.15, 0.2) is 46.2 Å². The van der Waals surface area contributed by atoms with Crippen molar-refractivity contribution in [3.05, 3.63) is 57.6 Å². The van der Waals surface area contributed by atoms with Crippen molar-refractivity contribution in [1.82, 2.24) is 15.5 Å². The Bertz CT molecular complexity index is 771. The van der Waals surface area contributed by atoms with Crippen LogP contribution < -0.4 is 5.32 Å². The van der Waals surface area contributed by atoms with Gasteiger partial charge in [0.2, 0.25) is 17.7 Å². The number of halogens is 1. The zero-order valence-electron chi connectivity index (χ0n) is 11.5. The average molecular weight is 334 g/mol. The van der Waals surface area contributed by atoms with Crippen molar-refractivity contribution >= 4 is 28.8 Å². The summed E-state index contributed by atoms with van der Waals surface area (Å²) >= 11 is 7.63. The number of hydrogen-bond acceptors (Lipinski definition) is 5. The summed E-state index contributed by atoms with van der Waals surface area (Å²) in [5, 5.41) is 13.1. The lowest BCUT2D eigenvalue weighted by Crippen LogP contribution is -2.24. The summed E-state index contributed by atoms with van der Waals surface area (Å²) in [7, 11) is 0. The Morgan fingerprint density at radius 3 is 2.86 bits per heavy atom. The minimum Gasteiger partial charge on any atom is -0.419 e. The minimum atomic E-state index is -0.0834. The molecule has 0 aliphatic heterocycles. The molecule has 5 nitrogen and oxygen atoms in total. The Balaban J connectivity index is 1.60. The topological polar surface area (TPSA) is 68.0 Å². The van der Waals surface area contributed by atoms with Gasteiger partial charge in [0, 0.05) is 4.88 Å². The third-order valence-corrected chi connectivity index (χ3v) is 4.13. The summed E-state index contributed by atoms with van der Waals surface area (Å²) in [6.45, 7) is 0.196. The molecular weight excluding hydrogens is 322 g/mol. The first kappa shape index (κ1) is 14.7. The van der Waals surface area contributed by atoms with Gasteiger partial charge in [-0.3, -0.25) is 4.79 Å². The molecule has 2 heterocycles. The molecule has 0 spiro atoms. The van der Waals surface area contributed by atoms with Gasteiger partial charge in [-0.1, -0.05) is 29.8 Å². The number of thiophene rings is 1. The van der Waals surface area contributed by atoms with Gasteiger partial charge in [-0.05, 0) is 23.6 Å². The van der Waals surface area contributed by atoms with E-state index in [-0.39, 0.29) is 12.5 Å². The Kier molecular flexibility index (Phi) is 4.50. The van der Waals surface area contributed by atoms with E-state index in [1.807, 2.05) is 29.6 Å². The maximum absolute atomic E-state index is 11.8. The summed E-state index contributed by atoms with van der Waals surface area (Å²) < 4.78 is 5.52. The lowest BCUT2D eigenvalue weighted by Gasteiger charge is -2.00. The van der Waals surface area contributed by atoms with E-state index >= 15 is 0 Å². The fourth-order valence-electron chi connectivity index (χ4n) is 1.88. The number of benzene rings is 1. The van der Waals surface area contributed by atoms with E-state index in [0.29, 0.717) is 28.8 Å². The molecule has 0 saturated heterocycles. The van der Waals surface area contributed by atoms with Crippen LogP contribution in [0.2, 0.25) is 5.02 Å². The minimum absolute atomic E-state index is 0.0834. The van der Waals surface area contributed by atoms with Crippen molar-refractivity contribution < 1.29 is 9.21 Å². The number of carbonyl (C=O) groups excluding carboxylic acids is 1. The Morgan fingerprint density at radius 1 is 1.23 bits per heavy atom.